The molecule has 0 spiro atoms. The van der Waals surface area contributed by atoms with Crippen molar-refractivity contribution in [1.29, 1.82) is 0 Å². The fourth-order valence-electron chi connectivity index (χ4n) is 6.12. The predicted octanol–water partition coefficient (Wildman–Crippen LogP) is 5.26. The summed E-state index contributed by atoms with van der Waals surface area (Å²) in [4.78, 5) is 43.0. The van der Waals surface area contributed by atoms with E-state index in [0.29, 0.717) is 11.6 Å². The zero-order chi connectivity index (χ0) is 37.1. The topological polar surface area (TPSA) is 113 Å². The molecule has 1 atom stereocenters. The quantitative estimate of drug-likeness (QED) is 0.190. The molecule has 0 bridgehead atoms. The molecule has 10 nitrogen and oxygen atoms in total. The number of nitrogens with one attached hydrogen (secondary N) is 1. The number of furan rings is 1. The van der Waals surface area contributed by atoms with Crippen LogP contribution >= 0.6 is 0 Å². The number of piperazine rings is 1. The number of nitrogens with zero attached hydrogens (tertiary/aromatic N) is 4. The van der Waals surface area contributed by atoms with E-state index in [4.69, 9.17) is 4.42 Å². The summed E-state index contributed by atoms with van der Waals surface area (Å²) in [6.45, 7) is 0.957. The summed E-state index contributed by atoms with van der Waals surface area (Å²) in [5, 5.41) is 12.2. The number of alkyl halides is 6. The second-order valence-corrected chi connectivity index (χ2v) is 12.1. The van der Waals surface area contributed by atoms with Crippen molar-refractivity contribution in [3.8, 4) is 0 Å². The van der Waals surface area contributed by atoms with Gasteiger partial charge in [-0.15, -0.1) is 0 Å². The molecule has 2 aromatic carbocycles. The van der Waals surface area contributed by atoms with E-state index in [-0.39, 0.29) is 69.4 Å². The lowest BCUT2D eigenvalue weighted by atomic mass is 10.1. The van der Waals surface area contributed by atoms with Crippen LogP contribution in [-0.2, 0) is 36.8 Å². The Labute approximate surface area is 286 Å². The van der Waals surface area contributed by atoms with Gasteiger partial charge in [0.25, 0.3) is 5.56 Å². The zero-order valence-electron chi connectivity index (χ0n) is 27.2. The summed E-state index contributed by atoms with van der Waals surface area (Å²) in [5.41, 5.74) is -3.30. The molecular weight excluding hydrogens is 691 g/mol. The fourth-order valence-corrected chi connectivity index (χ4v) is 6.12. The van der Waals surface area contributed by atoms with Crippen molar-refractivity contribution in [2.75, 3.05) is 37.6 Å². The Morgan fingerprint density at radius 3 is 2.18 bits per heavy atom. The molecule has 17 heteroatoms. The van der Waals surface area contributed by atoms with Gasteiger partial charge in [0.15, 0.2) is 0 Å². The van der Waals surface area contributed by atoms with E-state index in [2.05, 4.69) is 5.32 Å². The first-order chi connectivity index (χ1) is 24.0. The normalized spacial score (nSPS) is 14.9. The standard InChI is InChI=1S/C34H34F7N5O5/c1-21-30(44-16-14-43(15-17-44)18-23-10-11-28(51-23)34(39,40)41)31(49)46(20-27(42-13-12-29(47)48)22-6-3-2-4-7-22)32(50)45(21)19-24-25(33(36,37)38)8-5-9-26(24)35/h2-11,27,42H,12-20H2,1H3,(H,47,48)/t27-/m0/s1. The highest BCUT2D eigenvalue weighted by atomic mass is 19.4. The maximum absolute atomic E-state index is 15.1. The lowest BCUT2D eigenvalue weighted by molar-refractivity contribution is -0.153. The van der Waals surface area contributed by atoms with E-state index in [1.54, 1.807) is 40.1 Å². The van der Waals surface area contributed by atoms with Gasteiger partial charge in [0, 0.05) is 44.0 Å². The van der Waals surface area contributed by atoms with E-state index in [1.807, 2.05) is 0 Å². The molecule has 5 rings (SSSR count). The number of halogens is 7. The number of benzene rings is 2. The minimum atomic E-state index is -4.95. The number of hydrogen-bond acceptors (Lipinski definition) is 7. The number of anilines is 1. The van der Waals surface area contributed by atoms with Crippen molar-refractivity contribution >= 4 is 11.7 Å². The smallest absolute Gasteiger partial charge is 0.449 e. The Bertz CT molecular complexity index is 1960. The Hall–Kier alpha value is -4.90. The minimum Gasteiger partial charge on any atom is -0.481 e. The number of hydrogen-bond donors (Lipinski definition) is 2. The van der Waals surface area contributed by atoms with Gasteiger partial charge in [-0.3, -0.25) is 23.6 Å². The van der Waals surface area contributed by atoms with Crippen LogP contribution in [0.3, 0.4) is 0 Å². The molecule has 1 saturated heterocycles. The lowest BCUT2D eigenvalue weighted by Gasteiger charge is -2.36. The lowest BCUT2D eigenvalue weighted by Crippen LogP contribution is -2.51. The van der Waals surface area contributed by atoms with Gasteiger partial charge in [0.05, 0.1) is 37.7 Å². The average Bonchev–Trinajstić information content (AvgIpc) is 3.55. The minimum absolute atomic E-state index is 0.0120. The summed E-state index contributed by atoms with van der Waals surface area (Å²) in [6, 6.07) is 12.2. The number of aliphatic carboxylic acids is 1. The van der Waals surface area contributed by atoms with E-state index in [1.165, 1.54) is 13.0 Å². The number of carbonyl (C=O) groups is 1. The summed E-state index contributed by atoms with van der Waals surface area (Å²) >= 11 is 0. The van der Waals surface area contributed by atoms with Gasteiger partial charge in [0.1, 0.15) is 17.3 Å². The molecular formula is C34H34F7N5O5. The third-order valence-electron chi connectivity index (χ3n) is 8.70. The second kappa shape index (κ2) is 15.1. The molecule has 1 aliphatic rings. The van der Waals surface area contributed by atoms with Crippen LogP contribution in [0.25, 0.3) is 0 Å². The third-order valence-corrected chi connectivity index (χ3v) is 8.70. The molecule has 0 aliphatic carbocycles. The molecule has 0 saturated carbocycles. The van der Waals surface area contributed by atoms with Gasteiger partial charge in [-0.05, 0) is 36.8 Å². The molecule has 0 unspecified atom stereocenters. The molecule has 4 aromatic rings. The molecule has 0 amide bonds. The molecule has 2 N–H and O–H groups in total. The zero-order valence-corrected chi connectivity index (χ0v) is 27.2. The van der Waals surface area contributed by atoms with Gasteiger partial charge in [-0.1, -0.05) is 36.4 Å². The van der Waals surface area contributed by atoms with E-state index >= 15 is 4.39 Å². The van der Waals surface area contributed by atoms with Gasteiger partial charge in [0.2, 0.25) is 5.76 Å². The van der Waals surface area contributed by atoms with Crippen molar-refractivity contribution in [2.24, 2.45) is 0 Å². The number of carboxylic acid groups (broad SMARTS) is 1. The van der Waals surface area contributed by atoms with Gasteiger partial charge < -0.3 is 19.7 Å². The maximum Gasteiger partial charge on any atom is 0.449 e. The Morgan fingerprint density at radius 1 is 0.882 bits per heavy atom. The predicted molar refractivity (Wildman–Crippen MR) is 171 cm³/mol. The molecule has 0 radical (unpaired) electrons. The highest BCUT2D eigenvalue weighted by Gasteiger charge is 2.36. The highest BCUT2D eigenvalue weighted by molar-refractivity contribution is 5.66. The van der Waals surface area contributed by atoms with Crippen molar-refractivity contribution < 1.29 is 45.1 Å². The van der Waals surface area contributed by atoms with Crippen LogP contribution in [0.2, 0.25) is 0 Å². The summed E-state index contributed by atoms with van der Waals surface area (Å²) in [5.74, 6) is -3.35. The van der Waals surface area contributed by atoms with Crippen LogP contribution in [-0.4, -0.2) is 57.8 Å². The Balaban J connectivity index is 1.54. The van der Waals surface area contributed by atoms with Crippen LogP contribution in [0.1, 0.15) is 46.4 Å². The van der Waals surface area contributed by atoms with Crippen LogP contribution < -0.4 is 21.5 Å². The first-order valence-electron chi connectivity index (χ1n) is 15.9. The van der Waals surface area contributed by atoms with E-state index in [0.717, 1.165) is 27.3 Å². The highest BCUT2D eigenvalue weighted by Crippen LogP contribution is 2.34. The van der Waals surface area contributed by atoms with Crippen LogP contribution in [0.5, 0.6) is 0 Å². The van der Waals surface area contributed by atoms with Crippen molar-refractivity contribution in [3.05, 3.63) is 121 Å². The monoisotopic (exact) mass is 725 g/mol. The molecule has 274 valence electrons. The first kappa shape index (κ1) is 37.4. The summed E-state index contributed by atoms with van der Waals surface area (Å²) in [7, 11) is 0. The largest absolute Gasteiger partial charge is 0.481 e. The van der Waals surface area contributed by atoms with Crippen molar-refractivity contribution in [2.45, 2.75) is 51.4 Å². The summed E-state index contributed by atoms with van der Waals surface area (Å²) < 4.78 is 103. The molecule has 3 heterocycles. The van der Waals surface area contributed by atoms with Gasteiger partial charge in [-0.25, -0.2) is 9.18 Å². The van der Waals surface area contributed by atoms with E-state index < -0.39 is 64.9 Å². The number of carboxylic acids is 1. The Morgan fingerprint density at radius 2 is 1.57 bits per heavy atom. The average molecular weight is 726 g/mol. The fraction of sp³-hybridized carbons (Fsp3) is 0.382. The summed E-state index contributed by atoms with van der Waals surface area (Å²) in [6.07, 6.45) is -9.88. The SMILES string of the molecule is Cc1c(N2CCN(Cc3ccc(C(F)(F)F)o3)CC2)c(=O)n(C[C@H](NCCC(=O)O)c2ccccc2)c(=O)n1Cc1c(F)cccc1C(F)(F)F. The first-order valence-corrected chi connectivity index (χ1v) is 15.9. The maximum atomic E-state index is 15.1. The van der Waals surface area contributed by atoms with Crippen LogP contribution in [0.4, 0.5) is 36.4 Å². The second-order valence-electron chi connectivity index (χ2n) is 12.1. The molecule has 2 aromatic heterocycles. The molecule has 1 fully saturated rings. The van der Waals surface area contributed by atoms with Crippen molar-refractivity contribution in [3.63, 3.8) is 0 Å². The molecule has 51 heavy (non-hydrogen) atoms. The van der Waals surface area contributed by atoms with Crippen LogP contribution in [0, 0.1) is 12.7 Å². The van der Waals surface area contributed by atoms with Crippen molar-refractivity contribution in [1.82, 2.24) is 19.4 Å². The van der Waals surface area contributed by atoms with Gasteiger partial charge >= 0.3 is 24.0 Å². The third kappa shape index (κ3) is 8.71. The Kier molecular flexibility index (Phi) is 11.1. The number of aromatic nitrogens is 2. The van der Waals surface area contributed by atoms with E-state index in [9.17, 15) is 45.8 Å². The van der Waals surface area contributed by atoms with Crippen LogP contribution in [0.15, 0.2) is 74.7 Å². The van der Waals surface area contributed by atoms with Gasteiger partial charge in [-0.2, -0.15) is 26.3 Å². The number of rotatable bonds is 12. The molecule has 1 aliphatic heterocycles.